The molecule has 0 aromatic heterocycles. The third-order valence-corrected chi connectivity index (χ3v) is 6.19. The summed E-state index contributed by atoms with van der Waals surface area (Å²) in [4.78, 5) is 38.6. The molecule has 30 heavy (non-hydrogen) atoms. The predicted molar refractivity (Wildman–Crippen MR) is 114 cm³/mol. The maximum Gasteiger partial charge on any atom is 0.251 e. The fourth-order valence-electron chi connectivity index (χ4n) is 4.62. The summed E-state index contributed by atoms with van der Waals surface area (Å²) >= 11 is 0. The van der Waals surface area contributed by atoms with Gasteiger partial charge in [0, 0.05) is 5.56 Å². The van der Waals surface area contributed by atoms with Gasteiger partial charge < -0.3 is 15.4 Å². The molecule has 6 heteroatoms. The van der Waals surface area contributed by atoms with Gasteiger partial charge in [-0.2, -0.15) is 0 Å². The first kappa shape index (κ1) is 20.5. The number of ether oxygens (including phenoxy) is 1. The molecule has 1 saturated heterocycles. The van der Waals surface area contributed by atoms with Gasteiger partial charge in [-0.15, -0.1) is 0 Å². The largest absolute Gasteiger partial charge is 0.367 e. The first-order valence-corrected chi connectivity index (χ1v) is 10.7. The maximum absolute atomic E-state index is 13.2. The molecule has 0 radical (unpaired) electrons. The Hall–Kier alpha value is -2.73. The summed E-state index contributed by atoms with van der Waals surface area (Å²) in [5.41, 5.74) is -0.424. The minimum Gasteiger partial charge on any atom is -0.367 e. The fourth-order valence-corrected chi connectivity index (χ4v) is 4.62. The lowest BCUT2D eigenvalue weighted by atomic mass is 9.91. The van der Waals surface area contributed by atoms with Gasteiger partial charge in [-0.25, -0.2) is 0 Å². The molecule has 2 aliphatic rings. The van der Waals surface area contributed by atoms with Gasteiger partial charge in [0.15, 0.2) is 5.78 Å². The highest BCUT2D eigenvalue weighted by Crippen LogP contribution is 2.37. The van der Waals surface area contributed by atoms with Gasteiger partial charge in [0.05, 0.1) is 6.10 Å². The summed E-state index contributed by atoms with van der Waals surface area (Å²) in [7, 11) is 0. The molecule has 2 aromatic rings. The Morgan fingerprint density at radius 3 is 2.70 bits per heavy atom. The zero-order chi connectivity index (χ0) is 21.3. The van der Waals surface area contributed by atoms with E-state index in [0.29, 0.717) is 18.4 Å². The van der Waals surface area contributed by atoms with Crippen molar-refractivity contribution in [2.24, 2.45) is 5.92 Å². The molecular formula is C24H28N2O4. The van der Waals surface area contributed by atoms with Crippen molar-refractivity contribution in [2.75, 3.05) is 6.61 Å². The molecule has 1 aliphatic heterocycles. The predicted octanol–water partition coefficient (Wildman–Crippen LogP) is 2.99. The highest BCUT2D eigenvalue weighted by molar-refractivity contribution is 6.02. The van der Waals surface area contributed by atoms with Crippen LogP contribution in [0, 0.1) is 5.92 Å². The van der Waals surface area contributed by atoms with Gasteiger partial charge in [-0.05, 0) is 54.5 Å². The summed E-state index contributed by atoms with van der Waals surface area (Å²) in [6, 6.07) is 12.6. The van der Waals surface area contributed by atoms with E-state index in [2.05, 4.69) is 10.6 Å². The van der Waals surface area contributed by atoms with Crippen molar-refractivity contribution in [2.45, 2.75) is 57.2 Å². The number of carbonyl (C=O) groups is 3. The zero-order valence-corrected chi connectivity index (χ0v) is 17.4. The molecule has 2 aromatic carbocycles. The molecular weight excluding hydrogens is 380 g/mol. The Labute approximate surface area is 176 Å². The van der Waals surface area contributed by atoms with E-state index in [9.17, 15) is 14.4 Å². The molecule has 1 heterocycles. The van der Waals surface area contributed by atoms with Crippen LogP contribution in [0.4, 0.5) is 0 Å². The monoisotopic (exact) mass is 408 g/mol. The van der Waals surface area contributed by atoms with Crippen molar-refractivity contribution >= 4 is 28.4 Å². The Bertz CT molecular complexity index is 986. The van der Waals surface area contributed by atoms with Gasteiger partial charge in [0.2, 0.25) is 5.91 Å². The Kier molecular flexibility index (Phi) is 5.60. The molecule has 6 nitrogen and oxygen atoms in total. The summed E-state index contributed by atoms with van der Waals surface area (Å²) in [5.74, 6) is -0.479. The van der Waals surface area contributed by atoms with E-state index < -0.39 is 11.6 Å². The number of hydrogen-bond donors (Lipinski definition) is 2. The average Bonchev–Trinajstić information content (AvgIpc) is 3.26. The van der Waals surface area contributed by atoms with Crippen LogP contribution >= 0.6 is 0 Å². The number of amides is 2. The number of fused-ring (bicyclic) bond motifs is 2. The third kappa shape index (κ3) is 3.84. The van der Waals surface area contributed by atoms with Crippen molar-refractivity contribution in [3.8, 4) is 0 Å². The lowest BCUT2D eigenvalue weighted by Crippen LogP contribution is -2.60. The molecule has 3 unspecified atom stereocenters. The SMILES string of the molecule is CC(C)CC(NC(=O)c1ccc2ccccc2c1)C(=O)NC12CCCC1OCC2=O. The number of nitrogens with one attached hydrogen (secondary N) is 2. The number of carbonyl (C=O) groups excluding carboxylic acids is 3. The Morgan fingerprint density at radius 2 is 1.93 bits per heavy atom. The average molecular weight is 408 g/mol. The van der Waals surface area contributed by atoms with Crippen molar-refractivity contribution in [1.29, 1.82) is 0 Å². The quantitative estimate of drug-likeness (QED) is 0.770. The topological polar surface area (TPSA) is 84.5 Å². The lowest BCUT2D eigenvalue weighted by Gasteiger charge is -2.30. The van der Waals surface area contributed by atoms with Gasteiger partial charge in [-0.1, -0.05) is 44.2 Å². The number of hydrogen-bond acceptors (Lipinski definition) is 4. The fraction of sp³-hybridized carbons (Fsp3) is 0.458. The summed E-state index contributed by atoms with van der Waals surface area (Å²) in [6.45, 7) is 4.05. The van der Waals surface area contributed by atoms with E-state index >= 15 is 0 Å². The molecule has 158 valence electrons. The highest BCUT2D eigenvalue weighted by Gasteiger charge is 2.55. The van der Waals surface area contributed by atoms with Gasteiger partial charge in [0.1, 0.15) is 18.2 Å². The molecule has 2 amide bonds. The molecule has 4 rings (SSSR count). The number of rotatable bonds is 6. The minimum atomic E-state index is -0.931. The van der Waals surface area contributed by atoms with Crippen LogP contribution in [0.15, 0.2) is 42.5 Å². The van der Waals surface area contributed by atoms with E-state index in [0.717, 1.165) is 23.6 Å². The van der Waals surface area contributed by atoms with Gasteiger partial charge in [-0.3, -0.25) is 14.4 Å². The van der Waals surface area contributed by atoms with Gasteiger partial charge >= 0.3 is 0 Å². The van der Waals surface area contributed by atoms with Crippen LogP contribution in [0.2, 0.25) is 0 Å². The van der Waals surface area contributed by atoms with Crippen LogP contribution in [0.1, 0.15) is 49.9 Å². The Balaban J connectivity index is 1.52. The van der Waals surface area contributed by atoms with Crippen molar-refractivity contribution in [3.05, 3.63) is 48.0 Å². The third-order valence-electron chi connectivity index (χ3n) is 6.19. The zero-order valence-electron chi connectivity index (χ0n) is 17.4. The van der Waals surface area contributed by atoms with Gasteiger partial charge in [0.25, 0.3) is 5.91 Å². The number of Topliss-reactive ketones (excluding diaryl/α,β-unsaturated/α-hetero) is 1. The van der Waals surface area contributed by atoms with Crippen LogP contribution < -0.4 is 10.6 Å². The second-order valence-corrected chi connectivity index (χ2v) is 8.79. The molecule has 2 fully saturated rings. The molecule has 1 saturated carbocycles. The van der Waals surface area contributed by atoms with E-state index in [1.165, 1.54) is 0 Å². The lowest BCUT2D eigenvalue weighted by molar-refractivity contribution is -0.131. The number of ketones is 1. The molecule has 2 N–H and O–H groups in total. The molecule has 1 aliphatic carbocycles. The standard InChI is InChI=1S/C24H28N2O4/c1-15(2)12-19(23(29)26-24-11-5-8-21(24)30-14-20(24)27)25-22(28)18-10-9-16-6-3-4-7-17(16)13-18/h3-4,6-7,9-10,13,15,19,21H,5,8,11-12,14H2,1-2H3,(H,25,28)(H,26,29). The van der Waals surface area contributed by atoms with Crippen LogP contribution in [0.5, 0.6) is 0 Å². The Morgan fingerprint density at radius 1 is 1.17 bits per heavy atom. The molecule has 0 bridgehead atoms. The first-order chi connectivity index (χ1) is 14.4. The van der Waals surface area contributed by atoms with E-state index in [1.807, 2.05) is 50.2 Å². The van der Waals surface area contributed by atoms with Crippen LogP contribution in [-0.2, 0) is 14.3 Å². The second-order valence-electron chi connectivity index (χ2n) is 8.79. The number of benzene rings is 2. The maximum atomic E-state index is 13.2. The van der Waals surface area contributed by atoms with E-state index in [-0.39, 0.29) is 36.2 Å². The van der Waals surface area contributed by atoms with E-state index in [1.54, 1.807) is 6.07 Å². The van der Waals surface area contributed by atoms with Crippen molar-refractivity contribution < 1.29 is 19.1 Å². The summed E-state index contributed by atoms with van der Waals surface area (Å²) in [5, 5.41) is 7.88. The highest BCUT2D eigenvalue weighted by atomic mass is 16.5. The van der Waals surface area contributed by atoms with Crippen LogP contribution in [0.25, 0.3) is 10.8 Å². The summed E-state index contributed by atoms with van der Waals surface area (Å²) in [6.07, 6.45) is 2.43. The second kappa shape index (κ2) is 8.19. The summed E-state index contributed by atoms with van der Waals surface area (Å²) < 4.78 is 5.59. The minimum absolute atomic E-state index is 0.0449. The van der Waals surface area contributed by atoms with Crippen molar-refractivity contribution in [3.63, 3.8) is 0 Å². The molecule has 0 spiro atoms. The van der Waals surface area contributed by atoms with Crippen molar-refractivity contribution in [1.82, 2.24) is 10.6 Å². The molecule has 3 atom stereocenters. The normalized spacial score (nSPS) is 24.1. The first-order valence-electron chi connectivity index (χ1n) is 10.7. The van der Waals surface area contributed by atoms with E-state index in [4.69, 9.17) is 4.74 Å². The van der Waals surface area contributed by atoms with Crippen LogP contribution in [0.3, 0.4) is 0 Å². The van der Waals surface area contributed by atoms with Crippen LogP contribution in [-0.4, -0.2) is 41.9 Å². The smallest absolute Gasteiger partial charge is 0.251 e.